The number of nitrogens with zero attached hydrogens (tertiary/aromatic N) is 2. The smallest absolute Gasteiger partial charge is 0.410 e. The van der Waals surface area contributed by atoms with Gasteiger partial charge in [-0.2, -0.15) is 8.78 Å². The summed E-state index contributed by atoms with van der Waals surface area (Å²) in [5, 5.41) is 6.24. The molecule has 0 radical (unpaired) electrons. The zero-order chi connectivity index (χ0) is 20.0. The zero-order valence-electron chi connectivity index (χ0n) is 16.4. The summed E-state index contributed by atoms with van der Waals surface area (Å²) < 4.78 is 34.8. The van der Waals surface area contributed by atoms with Crippen molar-refractivity contribution in [2.75, 3.05) is 20.1 Å². The molecule has 1 fully saturated rings. The second-order valence-corrected chi connectivity index (χ2v) is 7.14. The summed E-state index contributed by atoms with van der Waals surface area (Å²) in [6.07, 6.45) is -0.346. The van der Waals surface area contributed by atoms with Gasteiger partial charge in [-0.15, -0.1) is 24.0 Å². The van der Waals surface area contributed by atoms with Gasteiger partial charge in [0.1, 0.15) is 11.4 Å². The number of hydrogen-bond donors (Lipinski definition) is 2. The molecule has 10 heteroatoms. The number of carbonyl (C=O) groups is 1. The van der Waals surface area contributed by atoms with E-state index < -0.39 is 12.2 Å². The Morgan fingerprint density at radius 3 is 2.54 bits per heavy atom. The Hall–Kier alpha value is -1.85. The standard InChI is InChI=1S/C18H26F2N4O3.HI/c1-18(2,3)27-17(25)24-10-13(11-24)23-16(21-4)22-9-12-7-5-6-8-14(12)26-15(19)20;/h5-8,13,15H,9-11H2,1-4H3,(H2,21,22,23);1H. The molecule has 1 aromatic carbocycles. The molecule has 0 saturated carbocycles. The highest BCUT2D eigenvalue weighted by atomic mass is 127. The van der Waals surface area contributed by atoms with E-state index in [-0.39, 0.29) is 48.4 Å². The molecule has 0 spiro atoms. The highest BCUT2D eigenvalue weighted by Crippen LogP contribution is 2.20. The van der Waals surface area contributed by atoms with Crippen molar-refractivity contribution in [1.82, 2.24) is 15.5 Å². The van der Waals surface area contributed by atoms with Gasteiger partial charge in [0.05, 0.1) is 6.04 Å². The molecule has 7 nitrogen and oxygen atoms in total. The third-order valence-electron chi connectivity index (χ3n) is 3.73. The Balaban J connectivity index is 0.00000392. The Morgan fingerprint density at radius 1 is 1.32 bits per heavy atom. The first-order valence-corrected chi connectivity index (χ1v) is 8.66. The third kappa shape index (κ3) is 7.64. The number of para-hydroxylation sites is 1. The molecule has 2 N–H and O–H groups in total. The molecule has 0 bridgehead atoms. The van der Waals surface area contributed by atoms with Crippen LogP contribution in [-0.4, -0.2) is 55.3 Å². The molecule has 1 aliphatic rings. The van der Waals surface area contributed by atoms with Crippen LogP contribution in [0.4, 0.5) is 13.6 Å². The fraction of sp³-hybridized carbons (Fsp3) is 0.556. The lowest BCUT2D eigenvalue weighted by Crippen LogP contribution is -2.63. The number of alkyl halides is 2. The second kappa shape index (κ2) is 10.6. The normalized spacial score (nSPS) is 14.8. The van der Waals surface area contributed by atoms with Crippen LogP contribution >= 0.6 is 24.0 Å². The van der Waals surface area contributed by atoms with Gasteiger partial charge in [0.15, 0.2) is 5.96 Å². The molecular weight excluding hydrogens is 485 g/mol. The summed E-state index contributed by atoms with van der Waals surface area (Å²) in [6, 6.07) is 6.61. The van der Waals surface area contributed by atoms with E-state index in [4.69, 9.17) is 4.74 Å². The lowest BCUT2D eigenvalue weighted by molar-refractivity contribution is -0.0504. The van der Waals surface area contributed by atoms with Crippen LogP contribution in [0.15, 0.2) is 29.3 Å². The van der Waals surface area contributed by atoms with E-state index in [0.717, 1.165) is 0 Å². The van der Waals surface area contributed by atoms with Crippen molar-refractivity contribution in [2.24, 2.45) is 4.99 Å². The number of rotatable bonds is 5. The van der Waals surface area contributed by atoms with E-state index in [1.807, 2.05) is 20.8 Å². The number of aliphatic imine (C=N–C) groups is 1. The summed E-state index contributed by atoms with van der Waals surface area (Å²) in [5.41, 5.74) is 0.0608. The maximum absolute atomic E-state index is 12.5. The summed E-state index contributed by atoms with van der Waals surface area (Å²) in [5.74, 6) is 0.630. The fourth-order valence-corrected chi connectivity index (χ4v) is 2.47. The average Bonchev–Trinajstić information content (AvgIpc) is 2.52. The number of benzene rings is 1. The van der Waals surface area contributed by atoms with Crippen molar-refractivity contribution in [3.63, 3.8) is 0 Å². The van der Waals surface area contributed by atoms with Crippen molar-refractivity contribution in [2.45, 2.75) is 45.6 Å². The SMILES string of the molecule is CN=C(NCc1ccccc1OC(F)F)NC1CN(C(=O)OC(C)(C)C)C1.I. The van der Waals surface area contributed by atoms with Crippen LogP contribution in [0.2, 0.25) is 0 Å². The van der Waals surface area contributed by atoms with Crippen molar-refractivity contribution in [3.05, 3.63) is 29.8 Å². The molecule has 0 aliphatic carbocycles. The van der Waals surface area contributed by atoms with Crippen LogP contribution in [0.1, 0.15) is 26.3 Å². The molecular formula is C18H27F2IN4O3. The van der Waals surface area contributed by atoms with Gasteiger partial charge < -0.3 is 25.0 Å². The Labute approximate surface area is 180 Å². The van der Waals surface area contributed by atoms with Crippen LogP contribution in [-0.2, 0) is 11.3 Å². The van der Waals surface area contributed by atoms with Crippen LogP contribution in [0.3, 0.4) is 0 Å². The van der Waals surface area contributed by atoms with Crippen molar-refractivity contribution >= 4 is 36.0 Å². The minimum Gasteiger partial charge on any atom is -0.444 e. The van der Waals surface area contributed by atoms with Crippen molar-refractivity contribution < 1.29 is 23.0 Å². The highest BCUT2D eigenvalue weighted by Gasteiger charge is 2.34. The summed E-state index contributed by atoms with van der Waals surface area (Å²) in [7, 11) is 1.61. The van der Waals surface area contributed by atoms with Gasteiger partial charge >= 0.3 is 12.7 Å². The molecule has 1 amide bonds. The predicted octanol–water partition coefficient (Wildman–Crippen LogP) is 3.19. The molecule has 0 atom stereocenters. The number of likely N-dealkylation sites (tertiary alicyclic amines) is 1. The van der Waals surface area contributed by atoms with Crippen molar-refractivity contribution in [3.8, 4) is 5.75 Å². The molecule has 1 saturated heterocycles. The van der Waals surface area contributed by atoms with Crippen LogP contribution < -0.4 is 15.4 Å². The van der Waals surface area contributed by atoms with Crippen LogP contribution in [0.25, 0.3) is 0 Å². The molecule has 0 unspecified atom stereocenters. The number of hydrogen-bond acceptors (Lipinski definition) is 4. The van der Waals surface area contributed by atoms with E-state index in [9.17, 15) is 13.6 Å². The minimum absolute atomic E-state index is 0. The first-order valence-electron chi connectivity index (χ1n) is 8.66. The largest absolute Gasteiger partial charge is 0.444 e. The molecule has 1 aromatic rings. The van der Waals surface area contributed by atoms with Gasteiger partial charge in [-0.3, -0.25) is 4.99 Å². The van der Waals surface area contributed by atoms with E-state index in [1.54, 1.807) is 30.1 Å². The molecule has 0 aromatic heterocycles. The van der Waals surface area contributed by atoms with Gasteiger partial charge in [0.25, 0.3) is 0 Å². The highest BCUT2D eigenvalue weighted by molar-refractivity contribution is 14.0. The maximum Gasteiger partial charge on any atom is 0.410 e. The number of ether oxygens (including phenoxy) is 2. The zero-order valence-corrected chi connectivity index (χ0v) is 18.7. The van der Waals surface area contributed by atoms with Crippen molar-refractivity contribution in [1.29, 1.82) is 0 Å². The van der Waals surface area contributed by atoms with E-state index >= 15 is 0 Å². The van der Waals surface area contributed by atoms with E-state index in [2.05, 4.69) is 20.4 Å². The monoisotopic (exact) mass is 512 g/mol. The van der Waals surface area contributed by atoms with Crippen LogP contribution in [0, 0.1) is 0 Å². The Morgan fingerprint density at radius 2 is 1.96 bits per heavy atom. The Bertz CT molecular complexity index is 677. The van der Waals surface area contributed by atoms with Gasteiger partial charge in [-0.05, 0) is 26.8 Å². The maximum atomic E-state index is 12.5. The van der Waals surface area contributed by atoms with Crippen LogP contribution in [0.5, 0.6) is 5.75 Å². The van der Waals surface area contributed by atoms with Gasteiger partial charge in [-0.1, -0.05) is 18.2 Å². The van der Waals surface area contributed by atoms with Gasteiger partial charge in [0.2, 0.25) is 0 Å². The Kier molecular flexibility index (Phi) is 9.18. The molecule has 1 heterocycles. The third-order valence-corrected chi connectivity index (χ3v) is 3.73. The quantitative estimate of drug-likeness (QED) is 0.360. The van der Waals surface area contributed by atoms with E-state index in [1.165, 1.54) is 6.07 Å². The first kappa shape index (κ1) is 24.2. The number of halogens is 3. The number of nitrogens with one attached hydrogen (secondary N) is 2. The summed E-state index contributed by atoms with van der Waals surface area (Å²) >= 11 is 0. The lowest BCUT2D eigenvalue weighted by Gasteiger charge is -2.40. The predicted molar refractivity (Wildman–Crippen MR) is 113 cm³/mol. The lowest BCUT2D eigenvalue weighted by atomic mass is 10.1. The second-order valence-electron chi connectivity index (χ2n) is 7.14. The summed E-state index contributed by atoms with van der Waals surface area (Å²) in [4.78, 5) is 17.6. The molecule has 158 valence electrons. The topological polar surface area (TPSA) is 75.2 Å². The summed E-state index contributed by atoms with van der Waals surface area (Å²) in [6.45, 7) is 3.86. The number of guanidine groups is 1. The number of amides is 1. The first-order chi connectivity index (χ1) is 12.7. The fourth-order valence-electron chi connectivity index (χ4n) is 2.47. The average molecular weight is 512 g/mol. The minimum atomic E-state index is -2.88. The van der Waals surface area contributed by atoms with Gasteiger partial charge in [-0.25, -0.2) is 4.79 Å². The molecule has 2 rings (SSSR count). The molecule has 1 aliphatic heterocycles. The van der Waals surface area contributed by atoms with Gasteiger partial charge in [0, 0.05) is 32.2 Å². The molecule has 28 heavy (non-hydrogen) atoms. The van der Waals surface area contributed by atoms with E-state index in [0.29, 0.717) is 24.6 Å². The number of carbonyl (C=O) groups excluding carboxylic acids is 1.